The fourth-order valence-electron chi connectivity index (χ4n) is 5.79. The summed E-state index contributed by atoms with van der Waals surface area (Å²) in [5.74, 6) is 0.169. The van der Waals surface area contributed by atoms with E-state index >= 15 is 0 Å². The number of aromatic hydroxyl groups is 1. The van der Waals surface area contributed by atoms with E-state index in [1.165, 1.54) is 16.0 Å². The summed E-state index contributed by atoms with van der Waals surface area (Å²) in [7, 11) is 0. The number of aromatic nitrogens is 3. The van der Waals surface area contributed by atoms with Crippen molar-refractivity contribution in [3.8, 4) is 5.75 Å². The Labute approximate surface area is 169 Å². The van der Waals surface area contributed by atoms with Gasteiger partial charge in [-0.05, 0) is 84.5 Å². The van der Waals surface area contributed by atoms with Gasteiger partial charge in [0.1, 0.15) is 16.8 Å². The van der Waals surface area contributed by atoms with E-state index in [9.17, 15) is 9.90 Å². The Hall–Kier alpha value is -2.89. The first-order valence-corrected chi connectivity index (χ1v) is 10.3. The lowest BCUT2D eigenvalue weighted by atomic mass is 9.50. The Morgan fingerprint density at radius 1 is 1.21 bits per heavy atom. The molecule has 1 N–H and O–H groups in total. The maximum Gasteiger partial charge on any atom is 0.341 e. The van der Waals surface area contributed by atoms with E-state index in [-0.39, 0.29) is 23.1 Å². The SMILES string of the molecule is C[C@]1(C(=O)On2nnc3ccccc32)CCC[C@]2(C)c3cc(O)ccc3CC[C@@H]12. The second-order valence-corrected chi connectivity index (χ2v) is 8.95. The van der Waals surface area contributed by atoms with Gasteiger partial charge in [-0.3, -0.25) is 0 Å². The molecule has 1 heterocycles. The highest BCUT2D eigenvalue weighted by Crippen LogP contribution is 2.57. The molecule has 3 atom stereocenters. The summed E-state index contributed by atoms with van der Waals surface area (Å²) in [6.07, 6.45) is 4.56. The van der Waals surface area contributed by atoms with Crippen LogP contribution in [-0.4, -0.2) is 26.2 Å². The number of para-hydroxylation sites is 1. The quantitative estimate of drug-likeness (QED) is 0.673. The minimum Gasteiger partial charge on any atom is -0.508 e. The zero-order chi connectivity index (χ0) is 20.2. The standard InChI is InChI=1S/C23H25N3O3/c1-22-12-5-13-23(2,20(22)11-9-15-8-10-16(27)14-17(15)22)21(28)29-26-19-7-4-3-6-18(19)24-25-26/h3-4,6-8,10,14,20,27H,5,9,11-13H2,1-2H3/t20-,22-,23+/m1/s1. The van der Waals surface area contributed by atoms with Crippen LogP contribution < -0.4 is 4.84 Å². The summed E-state index contributed by atoms with van der Waals surface area (Å²) in [6, 6.07) is 13.1. The number of carbonyl (C=O) groups is 1. The predicted octanol–water partition coefficient (Wildman–Crippen LogP) is 3.80. The molecule has 150 valence electrons. The van der Waals surface area contributed by atoms with Crippen LogP contribution in [0.3, 0.4) is 0 Å². The van der Waals surface area contributed by atoms with E-state index in [4.69, 9.17) is 4.84 Å². The monoisotopic (exact) mass is 391 g/mol. The molecule has 1 aromatic heterocycles. The number of fused-ring (bicyclic) bond motifs is 4. The topological polar surface area (TPSA) is 77.2 Å². The predicted molar refractivity (Wildman–Crippen MR) is 108 cm³/mol. The number of benzene rings is 2. The van der Waals surface area contributed by atoms with Gasteiger partial charge in [-0.15, -0.1) is 5.10 Å². The Kier molecular flexibility index (Phi) is 3.95. The number of hydrogen-bond donors (Lipinski definition) is 1. The van der Waals surface area contributed by atoms with Crippen molar-refractivity contribution in [1.29, 1.82) is 0 Å². The van der Waals surface area contributed by atoms with Crippen LogP contribution >= 0.6 is 0 Å². The molecule has 2 aromatic carbocycles. The van der Waals surface area contributed by atoms with Gasteiger partial charge in [0.25, 0.3) is 0 Å². The van der Waals surface area contributed by atoms with Crippen molar-refractivity contribution in [2.75, 3.05) is 0 Å². The molecule has 3 aromatic rings. The van der Waals surface area contributed by atoms with Crippen LogP contribution in [0.2, 0.25) is 0 Å². The van der Waals surface area contributed by atoms with Crippen molar-refractivity contribution in [1.82, 2.24) is 15.2 Å². The Morgan fingerprint density at radius 3 is 2.90 bits per heavy atom. The average Bonchev–Trinajstić information content (AvgIpc) is 3.11. The molecule has 0 amide bonds. The second kappa shape index (κ2) is 6.31. The highest BCUT2D eigenvalue weighted by Gasteiger charge is 2.56. The molecule has 6 heteroatoms. The van der Waals surface area contributed by atoms with E-state index in [0.717, 1.165) is 32.1 Å². The van der Waals surface area contributed by atoms with E-state index in [1.54, 1.807) is 6.07 Å². The van der Waals surface area contributed by atoms with E-state index in [1.807, 2.05) is 43.3 Å². The lowest BCUT2D eigenvalue weighted by Crippen LogP contribution is -2.54. The first kappa shape index (κ1) is 18.2. The minimum atomic E-state index is -0.622. The number of rotatable bonds is 2. The number of phenolic OH excluding ortho intramolecular Hbond substituents is 1. The van der Waals surface area contributed by atoms with Gasteiger partial charge in [0.15, 0.2) is 0 Å². The van der Waals surface area contributed by atoms with Gasteiger partial charge in [0.2, 0.25) is 0 Å². The third kappa shape index (κ3) is 2.65. The number of aryl methyl sites for hydroxylation is 1. The van der Waals surface area contributed by atoms with Crippen LogP contribution in [0, 0.1) is 11.3 Å². The van der Waals surface area contributed by atoms with Crippen LogP contribution in [0.15, 0.2) is 42.5 Å². The van der Waals surface area contributed by atoms with Crippen LogP contribution in [-0.2, 0) is 16.6 Å². The van der Waals surface area contributed by atoms with Crippen molar-refractivity contribution in [2.24, 2.45) is 11.3 Å². The Morgan fingerprint density at radius 2 is 2.03 bits per heavy atom. The fourth-order valence-corrected chi connectivity index (χ4v) is 5.79. The molecule has 29 heavy (non-hydrogen) atoms. The third-order valence-electron chi connectivity index (χ3n) is 7.30. The molecular weight excluding hydrogens is 366 g/mol. The molecule has 2 aliphatic rings. The zero-order valence-corrected chi connectivity index (χ0v) is 16.8. The van der Waals surface area contributed by atoms with Crippen LogP contribution in [0.1, 0.15) is 50.7 Å². The maximum atomic E-state index is 13.4. The molecule has 0 spiro atoms. The smallest absolute Gasteiger partial charge is 0.341 e. The van der Waals surface area contributed by atoms with Crippen LogP contribution in [0.25, 0.3) is 11.0 Å². The maximum absolute atomic E-state index is 13.4. The lowest BCUT2D eigenvalue weighted by Gasteiger charge is -2.53. The summed E-state index contributed by atoms with van der Waals surface area (Å²) in [4.78, 5) is 20.5. The van der Waals surface area contributed by atoms with Crippen molar-refractivity contribution in [2.45, 2.75) is 51.4 Å². The molecule has 0 saturated heterocycles. The van der Waals surface area contributed by atoms with Gasteiger partial charge in [0.05, 0.1) is 5.41 Å². The lowest BCUT2D eigenvalue weighted by molar-refractivity contribution is -0.166. The largest absolute Gasteiger partial charge is 0.508 e. The minimum absolute atomic E-state index is 0.139. The van der Waals surface area contributed by atoms with Gasteiger partial charge in [-0.1, -0.05) is 36.4 Å². The molecule has 1 fully saturated rings. The highest BCUT2D eigenvalue weighted by molar-refractivity contribution is 5.79. The van der Waals surface area contributed by atoms with Crippen molar-refractivity contribution >= 4 is 17.0 Å². The van der Waals surface area contributed by atoms with Crippen molar-refractivity contribution in [3.63, 3.8) is 0 Å². The first-order valence-electron chi connectivity index (χ1n) is 10.3. The third-order valence-corrected chi connectivity index (χ3v) is 7.30. The van der Waals surface area contributed by atoms with Gasteiger partial charge >= 0.3 is 5.97 Å². The van der Waals surface area contributed by atoms with Crippen molar-refractivity contribution < 1.29 is 14.7 Å². The number of hydrogen-bond acceptors (Lipinski definition) is 5. The van der Waals surface area contributed by atoms with Gasteiger partial charge in [-0.2, -0.15) is 0 Å². The molecule has 1 saturated carbocycles. The molecule has 6 nitrogen and oxygen atoms in total. The Bertz CT molecular complexity index is 1110. The molecule has 5 rings (SSSR count). The summed E-state index contributed by atoms with van der Waals surface area (Å²) >= 11 is 0. The van der Waals surface area contributed by atoms with Crippen LogP contribution in [0.4, 0.5) is 0 Å². The van der Waals surface area contributed by atoms with E-state index < -0.39 is 5.41 Å². The first-order chi connectivity index (χ1) is 13.9. The van der Waals surface area contributed by atoms with Gasteiger partial charge in [-0.25, -0.2) is 4.79 Å². The molecule has 0 bridgehead atoms. The molecular formula is C23H25N3O3. The van der Waals surface area contributed by atoms with E-state index in [0.29, 0.717) is 11.0 Å². The zero-order valence-electron chi connectivity index (χ0n) is 16.8. The average molecular weight is 391 g/mol. The summed E-state index contributed by atoms with van der Waals surface area (Å²) in [5.41, 5.74) is 3.05. The summed E-state index contributed by atoms with van der Waals surface area (Å²) in [6.45, 7) is 4.27. The number of nitrogens with zero attached hydrogens (tertiary/aromatic N) is 3. The van der Waals surface area contributed by atoms with Crippen molar-refractivity contribution in [3.05, 3.63) is 53.6 Å². The summed E-state index contributed by atoms with van der Waals surface area (Å²) in [5, 5.41) is 18.2. The number of carbonyl (C=O) groups excluding carboxylic acids is 1. The fraction of sp³-hybridized carbons (Fsp3) is 0.435. The molecule has 2 aliphatic carbocycles. The second-order valence-electron chi connectivity index (χ2n) is 8.95. The molecule has 0 aliphatic heterocycles. The van der Waals surface area contributed by atoms with E-state index in [2.05, 4.69) is 17.2 Å². The highest BCUT2D eigenvalue weighted by atomic mass is 16.7. The Balaban J connectivity index is 1.51. The molecule has 0 radical (unpaired) electrons. The van der Waals surface area contributed by atoms with Gasteiger partial charge in [0, 0.05) is 0 Å². The van der Waals surface area contributed by atoms with Gasteiger partial charge < -0.3 is 9.94 Å². The molecule has 0 unspecified atom stereocenters. The number of phenols is 1. The normalized spacial score (nSPS) is 28.6. The summed E-state index contributed by atoms with van der Waals surface area (Å²) < 4.78 is 0. The van der Waals surface area contributed by atoms with Crippen LogP contribution in [0.5, 0.6) is 5.75 Å².